The molecule has 0 aliphatic heterocycles. The number of benzene rings is 3. The summed E-state index contributed by atoms with van der Waals surface area (Å²) in [5, 5.41) is 36.4. The number of hydrogen-bond acceptors (Lipinski definition) is 7. The van der Waals surface area contributed by atoms with E-state index in [0.717, 1.165) is 5.56 Å². The van der Waals surface area contributed by atoms with E-state index in [1.807, 2.05) is 44.2 Å². The predicted molar refractivity (Wildman–Crippen MR) is 162 cm³/mol. The van der Waals surface area contributed by atoms with Crippen molar-refractivity contribution >= 4 is 41.1 Å². The first kappa shape index (κ1) is 32.2. The van der Waals surface area contributed by atoms with E-state index in [2.05, 4.69) is 16.0 Å². The number of nitrogens with one attached hydrogen (secondary N) is 3. The second-order valence-corrected chi connectivity index (χ2v) is 9.72. The Labute approximate surface area is 249 Å². The first-order valence-corrected chi connectivity index (χ1v) is 13.7. The van der Waals surface area contributed by atoms with Crippen molar-refractivity contribution in [3.8, 4) is 17.2 Å². The van der Waals surface area contributed by atoms with Crippen molar-refractivity contribution in [2.75, 3.05) is 17.2 Å². The van der Waals surface area contributed by atoms with Gasteiger partial charge >= 0.3 is 5.97 Å². The molecule has 11 heteroatoms. The van der Waals surface area contributed by atoms with Gasteiger partial charge < -0.3 is 36.0 Å². The first-order chi connectivity index (χ1) is 20.6. The number of phenolic OH excluding ortho intramolecular Hbond substituents is 2. The summed E-state index contributed by atoms with van der Waals surface area (Å²) in [4.78, 5) is 50.1. The van der Waals surface area contributed by atoms with Crippen LogP contribution in [-0.2, 0) is 25.6 Å². The maximum atomic E-state index is 13.4. The molecule has 0 aliphatic rings. The molecule has 3 aromatic rings. The zero-order chi connectivity index (χ0) is 31.4. The van der Waals surface area contributed by atoms with E-state index in [4.69, 9.17) is 9.84 Å². The minimum Gasteiger partial charge on any atom is -0.504 e. The molecule has 43 heavy (non-hydrogen) atoms. The highest BCUT2D eigenvalue weighted by molar-refractivity contribution is 6.01. The fourth-order valence-electron chi connectivity index (χ4n) is 4.19. The van der Waals surface area contributed by atoms with Crippen molar-refractivity contribution in [3.05, 3.63) is 83.9 Å². The largest absolute Gasteiger partial charge is 0.504 e. The molecule has 0 saturated carbocycles. The molecular formula is C32H35N3O8. The highest BCUT2D eigenvalue weighted by Crippen LogP contribution is 2.30. The molecule has 0 fully saturated rings. The number of carbonyl (C=O) groups is 4. The Balaban J connectivity index is 1.82. The maximum Gasteiger partial charge on any atom is 0.341 e. The zero-order valence-electron chi connectivity index (χ0n) is 23.9. The van der Waals surface area contributed by atoms with E-state index in [0.29, 0.717) is 18.4 Å². The lowest BCUT2D eigenvalue weighted by Gasteiger charge is -2.20. The number of hydrogen-bond donors (Lipinski definition) is 6. The summed E-state index contributed by atoms with van der Waals surface area (Å²) < 4.78 is 5.34. The van der Waals surface area contributed by atoms with Crippen LogP contribution in [0.3, 0.4) is 0 Å². The Hall–Kier alpha value is -5.32. The van der Waals surface area contributed by atoms with Crippen LogP contribution in [0, 0.1) is 5.92 Å². The molecule has 3 amide bonds. The summed E-state index contributed by atoms with van der Waals surface area (Å²) in [5.74, 6) is -3.33. The van der Waals surface area contributed by atoms with Gasteiger partial charge in [-0.25, -0.2) is 4.79 Å². The monoisotopic (exact) mass is 589 g/mol. The Kier molecular flexibility index (Phi) is 11.7. The van der Waals surface area contributed by atoms with Gasteiger partial charge in [-0.15, -0.1) is 0 Å². The fourth-order valence-corrected chi connectivity index (χ4v) is 4.19. The molecule has 0 spiro atoms. The van der Waals surface area contributed by atoms with Gasteiger partial charge in [0.1, 0.15) is 11.8 Å². The first-order valence-electron chi connectivity index (χ1n) is 13.7. The maximum absolute atomic E-state index is 13.4. The van der Waals surface area contributed by atoms with Crippen LogP contribution < -0.4 is 20.7 Å². The average Bonchev–Trinajstić information content (AvgIpc) is 2.98. The number of carboxylic acids is 1. The summed E-state index contributed by atoms with van der Waals surface area (Å²) >= 11 is 0. The Bertz CT molecular complexity index is 1470. The Morgan fingerprint density at radius 1 is 0.860 bits per heavy atom. The van der Waals surface area contributed by atoms with Crippen LogP contribution >= 0.6 is 0 Å². The van der Waals surface area contributed by atoms with Crippen molar-refractivity contribution in [1.82, 2.24) is 5.32 Å². The van der Waals surface area contributed by atoms with Gasteiger partial charge in [-0.3, -0.25) is 14.4 Å². The van der Waals surface area contributed by atoms with Gasteiger partial charge in [0, 0.05) is 24.1 Å². The minimum atomic E-state index is -1.19. The van der Waals surface area contributed by atoms with Crippen molar-refractivity contribution in [2.45, 2.75) is 39.2 Å². The van der Waals surface area contributed by atoms with Crippen LogP contribution in [0.25, 0.3) is 6.08 Å². The summed E-state index contributed by atoms with van der Waals surface area (Å²) in [7, 11) is 0. The SMILES string of the molecule is CCC(CC)C(=O)Nc1cc(NC(=O)[C@H](Cc2ccccc2)NC(=O)/C=C/c2ccc(O)c(O)c2)ccc1OCC(=O)O. The molecule has 0 unspecified atom stereocenters. The van der Waals surface area contributed by atoms with Crippen molar-refractivity contribution < 1.29 is 39.2 Å². The standard InChI is InChI=1S/C32H35N3O8/c1-3-22(4-2)31(41)35-24-18-23(12-14-28(24)43-19-30(39)40)33-32(42)25(16-20-8-6-5-7-9-20)34-29(38)15-11-21-10-13-26(36)27(37)17-21/h5-15,17-18,22,25,36-37H,3-4,16,19H2,1-2H3,(H,33,42)(H,34,38)(H,35,41)(H,39,40)/b15-11+/t25-/m0/s1. The second-order valence-electron chi connectivity index (χ2n) is 9.72. The van der Waals surface area contributed by atoms with Gasteiger partial charge in [0.25, 0.3) is 0 Å². The summed E-state index contributed by atoms with van der Waals surface area (Å²) in [6, 6.07) is 16.6. The molecular weight excluding hydrogens is 554 g/mol. The molecule has 1 atom stereocenters. The number of aromatic hydroxyl groups is 2. The number of phenols is 2. The molecule has 0 radical (unpaired) electrons. The highest BCUT2D eigenvalue weighted by atomic mass is 16.5. The van der Waals surface area contributed by atoms with E-state index in [1.165, 1.54) is 48.6 Å². The summed E-state index contributed by atoms with van der Waals surface area (Å²) in [6.07, 6.45) is 4.01. The third-order valence-corrected chi connectivity index (χ3v) is 6.55. The molecule has 0 aliphatic carbocycles. The summed E-state index contributed by atoms with van der Waals surface area (Å²) in [6.45, 7) is 3.15. The van der Waals surface area contributed by atoms with E-state index >= 15 is 0 Å². The smallest absolute Gasteiger partial charge is 0.341 e. The van der Waals surface area contributed by atoms with E-state index < -0.39 is 30.4 Å². The van der Waals surface area contributed by atoms with E-state index in [9.17, 15) is 29.4 Å². The van der Waals surface area contributed by atoms with Gasteiger partial charge in [0.15, 0.2) is 18.1 Å². The third-order valence-electron chi connectivity index (χ3n) is 6.55. The number of anilines is 2. The van der Waals surface area contributed by atoms with Crippen LogP contribution in [0.1, 0.15) is 37.8 Å². The molecule has 226 valence electrons. The number of rotatable bonds is 14. The van der Waals surface area contributed by atoms with Crippen molar-refractivity contribution in [3.63, 3.8) is 0 Å². The minimum absolute atomic E-state index is 0.124. The van der Waals surface area contributed by atoms with Gasteiger partial charge in [0.2, 0.25) is 17.7 Å². The molecule has 11 nitrogen and oxygen atoms in total. The molecule has 0 aromatic heterocycles. The van der Waals surface area contributed by atoms with Crippen LogP contribution in [0.2, 0.25) is 0 Å². The number of carboxylic acid groups (broad SMARTS) is 1. The third kappa shape index (κ3) is 9.92. The van der Waals surface area contributed by atoms with Crippen molar-refractivity contribution in [2.24, 2.45) is 5.92 Å². The van der Waals surface area contributed by atoms with Gasteiger partial charge in [-0.05, 0) is 60.4 Å². The quantitative estimate of drug-likeness (QED) is 0.119. The van der Waals surface area contributed by atoms with Gasteiger partial charge in [-0.1, -0.05) is 50.2 Å². The lowest BCUT2D eigenvalue weighted by atomic mass is 10.0. The topological polar surface area (TPSA) is 174 Å². The predicted octanol–water partition coefficient (Wildman–Crippen LogP) is 4.32. The molecule has 0 bridgehead atoms. The molecule has 3 aromatic carbocycles. The molecule has 6 N–H and O–H groups in total. The number of aliphatic carboxylic acids is 1. The van der Waals surface area contributed by atoms with Crippen LogP contribution in [0.5, 0.6) is 17.2 Å². The zero-order valence-corrected chi connectivity index (χ0v) is 23.9. The number of amides is 3. The number of carbonyl (C=O) groups excluding carboxylic acids is 3. The van der Waals surface area contributed by atoms with Gasteiger partial charge in [-0.2, -0.15) is 0 Å². The van der Waals surface area contributed by atoms with Crippen LogP contribution in [0.4, 0.5) is 11.4 Å². The summed E-state index contributed by atoms with van der Waals surface area (Å²) in [5.41, 5.74) is 1.74. The fraction of sp³-hybridized carbons (Fsp3) is 0.250. The van der Waals surface area contributed by atoms with E-state index in [-0.39, 0.29) is 46.9 Å². The lowest BCUT2D eigenvalue weighted by molar-refractivity contribution is -0.139. The van der Waals surface area contributed by atoms with Crippen molar-refractivity contribution in [1.29, 1.82) is 0 Å². The average molecular weight is 590 g/mol. The Morgan fingerprint density at radius 2 is 1.58 bits per heavy atom. The Morgan fingerprint density at radius 3 is 2.23 bits per heavy atom. The normalized spacial score (nSPS) is 11.6. The second kappa shape index (κ2) is 15.6. The molecule has 0 saturated heterocycles. The molecule has 3 rings (SSSR count). The van der Waals surface area contributed by atoms with E-state index in [1.54, 1.807) is 0 Å². The van der Waals surface area contributed by atoms with Crippen LogP contribution in [0.15, 0.2) is 72.8 Å². The number of ether oxygens (including phenoxy) is 1. The van der Waals surface area contributed by atoms with Crippen LogP contribution in [-0.4, -0.2) is 51.7 Å². The lowest BCUT2D eigenvalue weighted by Crippen LogP contribution is -2.44. The molecule has 0 heterocycles. The highest BCUT2D eigenvalue weighted by Gasteiger charge is 2.22. The van der Waals surface area contributed by atoms with Gasteiger partial charge in [0.05, 0.1) is 5.69 Å².